The highest BCUT2D eigenvalue weighted by Gasteiger charge is 2.40. The summed E-state index contributed by atoms with van der Waals surface area (Å²) in [6.07, 6.45) is 5.54. The van der Waals surface area contributed by atoms with Gasteiger partial charge < -0.3 is 4.57 Å². The normalized spacial score (nSPS) is 18.1. The average Bonchev–Trinajstić information content (AvgIpc) is 2.91. The fourth-order valence-corrected chi connectivity index (χ4v) is 1.96. The van der Waals surface area contributed by atoms with Crippen molar-refractivity contribution in [3.8, 4) is 0 Å². The Morgan fingerprint density at radius 2 is 2.36 bits per heavy atom. The number of aromatic amines is 1. The van der Waals surface area contributed by atoms with Crippen LogP contribution in [0.1, 0.15) is 26.2 Å². The van der Waals surface area contributed by atoms with E-state index in [4.69, 9.17) is 12.2 Å². The molecule has 1 aromatic rings. The molecule has 76 valence electrons. The number of aromatic nitrogens is 2. The molecule has 0 saturated heterocycles. The Balaban J connectivity index is 2.26. The molecule has 1 aliphatic rings. The molecule has 1 aromatic heterocycles. The molecule has 0 unspecified atom stereocenters. The van der Waals surface area contributed by atoms with Crippen molar-refractivity contribution in [3.05, 3.63) is 27.4 Å². The minimum Gasteiger partial charge on any atom is -0.325 e. The third-order valence-corrected chi connectivity index (χ3v) is 3.45. The average molecular weight is 210 g/mol. The topological polar surface area (TPSA) is 37.8 Å². The lowest BCUT2D eigenvalue weighted by molar-refractivity contribution is 0.402. The summed E-state index contributed by atoms with van der Waals surface area (Å²) in [5, 5.41) is 0. The van der Waals surface area contributed by atoms with Crippen LogP contribution in [0, 0.1) is 10.2 Å². The summed E-state index contributed by atoms with van der Waals surface area (Å²) in [5.41, 5.74) is 0.337. The Kier molecular flexibility index (Phi) is 2.31. The Bertz CT molecular complexity index is 442. The van der Waals surface area contributed by atoms with E-state index in [1.165, 1.54) is 25.3 Å². The monoisotopic (exact) mass is 210 g/mol. The minimum atomic E-state index is -0.118. The molecule has 3 nitrogen and oxygen atoms in total. The van der Waals surface area contributed by atoms with Crippen LogP contribution < -0.4 is 5.56 Å². The van der Waals surface area contributed by atoms with Crippen LogP contribution in [0.15, 0.2) is 17.1 Å². The predicted octanol–water partition coefficient (Wildman–Crippen LogP) is 2.10. The molecule has 0 amide bonds. The predicted molar refractivity (Wildman–Crippen MR) is 57.8 cm³/mol. The highest BCUT2D eigenvalue weighted by molar-refractivity contribution is 7.71. The smallest absolute Gasteiger partial charge is 0.251 e. The van der Waals surface area contributed by atoms with E-state index in [0.717, 1.165) is 6.54 Å². The van der Waals surface area contributed by atoms with Crippen molar-refractivity contribution < 1.29 is 0 Å². The van der Waals surface area contributed by atoms with Gasteiger partial charge in [0.25, 0.3) is 5.56 Å². The van der Waals surface area contributed by atoms with E-state index in [0.29, 0.717) is 10.2 Å². The third kappa shape index (κ3) is 1.80. The van der Waals surface area contributed by atoms with Gasteiger partial charge in [-0.25, -0.2) is 0 Å². The van der Waals surface area contributed by atoms with Gasteiger partial charge in [-0.05, 0) is 36.9 Å². The third-order valence-electron chi connectivity index (χ3n) is 3.11. The van der Waals surface area contributed by atoms with Crippen LogP contribution in [-0.2, 0) is 6.54 Å². The summed E-state index contributed by atoms with van der Waals surface area (Å²) in [6, 6.07) is 1.53. The molecule has 1 saturated carbocycles. The fraction of sp³-hybridized carbons (Fsp3) is 0.600. The summed E-state index contributed by atoms with van der Waals surface area (Å²) < 4.78 is 2.50. The van der Waals surface area contributed by atoms with Gasteiger partial charge in [-0.15, -0.1) is 0 Å². The van der Waals surface area contributed by atoms with Crippen molar-refractivity contribution in [1.82, 2.24) is 9.55 Å². The molecule has 2 rings (SSSR count). The number of H-pyrrole nitrogens is 1. The fourth-order valence-electron chi connectivity index (χ4n) is 1.73. The quantitative estimate of drug-likeness (QED) is 0.776. The zero-order chi connectivity index (χ0) is 10.2. The van der Waals surface area contributed by atoms with Crippen LogP contribution in [-0.4, -0.2) is 9.55 Å². The van der Waals surface area contributed by atoms with E-state index < -0.39 is 0 Å². The van der Waals surface area contributed by atoms with E-state index >= 15 is 0 Å². The van der Waals surface area contributed by atoms with Crippen molar-refractivity contribution in [3.63, 3.8) is 0 Å². The minimum absolute atomic E-state index is 0.118. The van der Waals surface area contributed by atoms with Crippen molar-refractivity contribution in [2.24, 2.45) is 5.41 Å². The van der Waals surface area contributed by atoms with Gasteiger partial charge in [0.05, 0.1) is 0 Å². The largest absolute Gasteiger partial charge is 0.325 e. The van der Waals surface area contributed by atoms with Crippen LogP contribution in [0.5, 0.6) is 0 Å². The van der Waals surface area contributed by atoms with Gasteiger partial charge in [-0.2, -0.15) is 0 Å². The molecule has 1 fully saturated rings. The van der Waals surface area contributed by atoms with Crippen molar-refractivity contribution in [1.29, 1.82) is 0 Å². The Morgan fingerprint density at radius 3 is 2.86 bits per heavy atom. The number of nitrogens with one attached hydrogen (secondary N) is 1. The number of nitrogens with zero attached hydrogens (tertiary/aromatic N) is 1. The highest BCUT2D eigenvalue weighted by atomic mass is 32.1. The molecule has 1 N–H and O–H groups in total. The number of hydrogen-bond donors (Lipinski definition) is 1. The summed E-state index contributed by atoms with van der Waals surface area (Å²) in [4.78, 5) is 13.6. The Labute approximate surface area is 87.8 Å². The highest BCUT2D eigenvalue weighted by Crippen LogP contribution is 2.49. The van der Waals surface area contributed by atoms with Crippen LogP contribution in [0.2, 0.25) is 0 Å². The van der Waals surface area contributed by atoms with Crippen LogP contribution in [0.4, 0.5) is 0 Å². The van der Waals surface area contributed by atoms with Crippen molar-refractivity contribution in [2.75, 3.05) is 0 Å². The van der Waals surface area contributed by atoms with Gasteiger partial charge in [-0.3, -0.25) is 9.78 Å². The van der Waals surface area contributed by atoms with Crippen molar-refractivity contribution >= 4 is 12.2 Å². The van der Waals surface area contributed by atoms with E-state index in [-0.39, 0.29) is 5.56 Å². The molecular weight excluding hydrogens is 196 g/mol. The van der Waals surface area contributed by atoms with Gasteiger partial charge in [0.15, 0.2) is 4.77 Å². The number of rotatable bonds is 3. The standard InChI is InChI=1S/C10H14N2OS/c1-2-10(4-5-10)7-12-6-3-8(13)11-9(12)14/h3,6H,2,4-5,7H2,1H3,(H,11,13,14). The molecule has 0 bridgehead atoms. The first kappa shape index (κ1) is 9.65. The Morgan fingerprint density at radius 1 is 1.64 bits per heavy atom. The maximum atomic E-state index is 11.0. The van der Waals surface area contributed by atoms with E-state index in [1.807, 2.05) is 4.57 Å². The second kappa shape index (κ2) is 3.35. The van der Waals surface area contributed by atoms with Gasteiger partial charge in [-0.1, -0.05) is 6.92 Å². The zero-order valence-corrected chi connectivity index (χ0v) is 9.06. The first-order valence-electron chi connectivity index (χ1n) is 4.95. The molecule has 1 aliphatic carbocycles. The van der Waals surface area contributed by atoms with Crippen LogP contribution >= 0.6 is 12.2 Å². The molecule has 0 atom stereocenters. The van der Waals surface area contributed by atoms with Gasteiger partial charge in [0, 0.05) is 18.8 Å². The molecule has 4 heteroatoms. The number of hydrogen-bond acceptors (Lipinski definition) is 2. The summed E-state index contributed by atoms with van der Waals surface area (Å²) in [5.74, 6) is 0. The van der Waals surface area contributed by atoms with Gasteiger partial charge >= 0.3 is 0 Å². The zero-order valence-electron chi connectivity index (χ0n) is 8.25. The summed E-state index contributed by atoms with van der Waals surface area (Å²) in [7, 11) is 0. The molecule has 14 heavy (non-hydrogen) atoms. The maximum absolute atomic E-state index is 11.0. The first-order chi connectivity index (χ1) is 6.65. The van der Waals surface area contributed by atoms with E-state index in [1.54, 1.807) is 6.20 Å². The lowest BCUT2D eigenvalue weighted by Gasteiger charge is -2.14. The molecular formula is C10H14N2OS. The second-order valence-corrected chi connectivity index (χ2v) is 4.48. The second-order valence-electron chi connectivity index (χ2n) is 4.09. The Hall–Kier alpha value is -0.900. The molecule has 0 spiro atoms. The molecule has 0 radical (unpaired) electrons. The summed E-state index contributed by atoms with van der Waals surface area (Å²) in [6.45, 7) is 3.15. The lowest BCUT2D eigenvalue weighted by Crippen LogP contribution is -2.16. The molecule has 1 heterocycles. The van der Waals surface area contributed by atoms with E-state index in [9.17, 15) is 4.79 Å². The summed E-state index contributed by atoms with van der Waals surface area (Å²) >= 11 is 5.09. The molecule has 0 aromatic carbocycles. The lowest BCUT2D eigenvalue weighted by atomic mass is 10.0. The van der Waals surface area contributed by atoms with Gasteiger partial charge in [0.1, 0.15) is 0 Å². The van der Waals surface area contributed by atoms with Crippen LogP contribution in [0.3, 0.4) is 0 Å². The van der Waals surface area contributed by atoms with Gasteiger partial charge in [0.2, 0.25) is 0 Å². The maximum Gasteiger partial charge on any atom is 0.251 e. The SMILES string of the molecule is CCC1(Cn2ccc(=O)[nH]c2=S)CC1. The molecule has 0 aliphatic heterocycles. The first-order valence-corrected chi connectivity index (χ1v) is 5.36. The van der Waals surface area contributed by atoms with Crippen LogP contribution in [0.25, 0.3) is 0 Å². The van der Waals surface area contributed by atoms with Crippen molar-refractivity contribution in [2.45, 2.75) is 32.7 Å². The van der Waals surface area contributed by atoms with E-state index in [2.05, 4.69) is 11.9 Å².